The quantitative estimate of drug-likeness (QED) is 0.534. The highest BCUT2D eigenvalue weighted by Crippen LogP contribution is 2.03. The van der Waals surface area contributed by atoms with Crippen LogP contribution < -0.4 is 10.6 Å². The lowest BCUT2D eigenvalue weighted by Crippen LogP contribution is -2.46. The van der Waals surface area contributed by atoms with Gasteiger partial charge in [-0.3, -0.25) is 0 Å². The van der Waals surface area contributed by atoms with Gasteiger partial charge < -0.3 is 15.7 Å². The van der Waals surface area contributed by atoms with Crippen LogP contribution in [0.4, 0.5) is 0 Å². The van der Waals surface area contributed by atoms with E-state index in [1.54, 1.807) is 6.08 Å². The zero-order valence-corrected chi connectivity index (χ0v) is 10.7. The molecule has 1 unspecified atom stereocenters. The molecule has 0 aliphatic rings. The van der Waals surface area contributed by atoms with Crippen molar-refractivity contribution in [2.45, 2.75) is 12.5 Å². The van der Waals surface area contributed by atoms with Crippen LogP contribution in [-0.4, -0.2) is 28.8 Å². The van der Waals surface area contributed by atoms with Crippen LogP contribution in [0.25, 0.3) is 0 Å². The third-order valence-electron chi connectivity index (χ3n) is 2.29. The average Bonchev–Trinajstić information content (AvgIpc) is 2.36. The number of carboxylic acid groups (broad SMARTS) is 1. The molecule has 0 aliphatic carbocycles. The molecule has 0 saturated heterocycles. The maximum atomic E-state index is 11.1. The monoisotopic (exact) mass is 264 g/mol. The summed E-state index contributed by atoms with van der Waals surface area (Å²) in [6, 6.07) is 8.68. The minimum Gasteiger partial charge on any atom is -0.480 e. The number of nitrogens with one attached hydrogen (secondary N) is 2. The highest BCUT2D eigenvalue weighted by molar-refractivity contribution is 7.80. The van der Waals surface area contributed by atoms with E-state index in [1.807, 2.05) is 30.3 Å². The first-order chi connectivity index (χ1) is 8.63. The number of thiocarbonyl (C=S) groups is 1. The van der Waals surface area contributed by atoms with Crippen LogP contribution >= 0.6 is 12.2 Å². The molecule has 0 aromatic heterocycles. The predicted molar refractivity (Wildman–Crippen MR) is 75.5 cm³/mol. The number of hydrogen-bond donors (Lipinski definition) is 3. The van der Waals surface area contributed by atoms with E-state index in [0.29, 0.717) is 18.1 Å². The summed E-state index contributed by atoms with van der Waals surface area (Å²) in [6.07, 6.45) is 2.03. The molecule has 0 bridgehead atoms. The lowest BCUT2D eigenvalue weighted by atomic mass is 10.1. The molecule has 1 aromatic rings. The Morgan fingerprint density at radius 2 is 2.11 bits per heavy atom. The Morgan fingerprint density at radius 1 is 1.44 bits per heavy atom. The molecule has 3 N–H and O–H groups in total. The first kappa shape index (κ1) is 14.2. The summed E-state index contributed by atoms with van der Waals surface area (Å²) in [5, 5.41) is 15.1. The van der Waals surface area contributed by atoms with Gasteiger partial charge >= 0.3 is 5.97 Å². The zero-order valence-electron chi connectivity index (χ0n) is 9.93. The molecular formula is C13H16N2O2S. The number of carboxylic acids is 1. The van der Waals surface area contributed by atoms with Gasteiger partial charge in [0.05, 0.1) is 0 Å². The van der Waals surface area contributed by atoms with Gasteiger partial charge in [0, 0.05) is 13.0 Å². The standard InChI is InChI=1S/C13H16N2O2S/c1-2-8-14-13(18)15-11(12(16)17)9-10-6-4-3-5-7-10/h2-7,11H,1,8-9H2,(H,16,17)(H2,14,15,18). The summed E-state index contributed by atoms with van der Waals surface area (Å²) in [5.41, 5.74) is 0.948. The van der Waals surface area contributed by atoms with Gasteiger partial charge in [0.25, 0.3) is 0 Å². The van der Waals surface area contributed by atoms with Gasteiger partial charge in [-0.25, -0.2) is 4.79 Å². The summed E-state index contributed by atoms with van der Waals surface area (Å²) >= 11 is 5.00. The van der Waals surface area contributed by atoms with E-state index in [1.165, 1.54) is 0 Å². The second-order valence-electron chi connectivity index (χ2n) is 3.72. The fourth-order valence-corrected chi connectivity index (χ4v) is 1.65. The Hall–Kier alpha value is -1.88. The molecule has 1 atom stereocenters. The van der Waals surface area contributed by atoms with Crippen molar-refractivity contribution in [1.82, 2.24) is 10.6 Å². The van der Waals surface area contributed by atoms with Crippen molar-refractivity contribution in [2.75, 3.05) is 6.54 Å². The highest BCUT2D eigenvalue weighted by Gasteiger charge is 2.18. The number of carbonyl (C=O) groups is 1. The Kier molecular flexibility index (Phi) is 5.87. The maximum absolute atomic E-state index is 11.1. The summed E-state index contributed by atoms with van der Waals surface area (Å²) in [5.74, 6) is -0.929. The molecule has 0 radical (unpaired) electrons. The number of benzene rings is 1. The Morgan fingerprint density at radius 3 is 2.67 bits per heavy atom. The van der Waals surface area contributed by atoms with Gasteiger partial charge in [-0.15, -0.1) is 6.58 Å². The van der Waals surface area contributed by atoms with Gasteiger partial charge in [-0.2, -0.15) is 0 Å². The summed E-state index contributed by atoms with van der Waals surface area (Å²) < 4.78 is 0. The minimum atomic E-state index is -0.929. The molecule has 0 saturated carbocycles. The molecule has 0 aliphatic heterocycles. The lowest BCUT2D eigenvalue weighted by Gasteiger charge is -2.16. The molecule has 0 spiro atoms. The van der Waals surface area contributed by atoms with Crippen molar-refractivity contribution in [3.8, 4) is 0 Å². The maximum Gasteiger partial charge on any atom is 0.326 e. The fourth-order valence-electron chi connectivity index (χ4n) is 1.42. The normalized spacial score (nSPS) is 11.3. The van der Waals surface area contributed by atoms with Crippen molar-refractivity contribution in [3.63, 3.8) is 0 Å². The van der Waals surface area contributed by atoms with Crippen molar-refractivity contribution in [1.29, 1.82) is 0 Å². The third kappa shape index (κ3) is 4.97. The van der Waals surface area contributed by atoms with Crippen LogP contribution in [0.1, 0.15) is 5.56 Å². The van der Waals surface area contributed by atoms with Gasteiger partial charge in [0.2, 0.25) is 0 Å². The lowest BCUT2D eigenvalue weighted by molar-refractivity contribution is -0.139. The van der Waals surface area contributed by atoms with Gasteiger partial charge in [0.1, 0.15) is 6.04 Å². The van der Waals surface area contributed by atoms with Crippen LogP contribution in [0, 0.1) is 0 Å². The smallest absolute Gasteiger partial charge is 0.326 e. The Labute approximate surface area is 112 Å². The van der Waals surface area contributed by atoms with Crippen LogP contribution in [0.3, 0.4) is 0 Å². The molecule has 96 valence electrons. The number of aliphatic carboxylic acids is 1. The molecule has 0 heterocycles. The topological polar surface area (TPSA) is 61.4 Å². The van der Waals surface area contributed by atoms with E-state index in [9.17, 15) is 4.79 Å². The molecule has 4 nitrogen and oxygen atoms in total. The molecule has 5 heteroatoms. The minimum absolute atomic E-state index is 0.318. The fraction of sp³-hybridized carbons (Fsp3) is 0.231. The molecular weight excluding hydrogens is 248 g/mol. The predicted octanol–water partition coefficient (Wildman–Crippen LogP) is 1.33. The Balaban J connectivity index is 2.58. The molecule has 18 heavy (non-hydrogen) atoms. The van der Waals surface area contributed by atoms with Crippen molar-refractivity contribution in [2.24, 2.45) is 0 Å². The summed E-state index contributed by atoms with van der Waals surface area (Å²) in [6.45, 7) is 4.05. The summed E-state index contributed by atoms with van der Waals surface area (Å²) in [4.78, 5) is 11.1. The average molecular weight is 264 g/mol. The Bertz CT molecular complexity index is 420. The van der Waals surface area contributed by atoms with Crippen molar-refractivity contribution >= 4 is 23.3 Å². The number of rotatable bonds is 6. The largest absolute Gasteiger partial charge is 0.480 e. The first-order valence-electron chi connectivity index (χ1n) is 5.55. The van der Waals surface area contributed by atoms with E-state index in [4.69, 9.17) is 17.3 Å². The second kappa shape index (κ2) is 7.45. The second-order valence-corrected chi connectivity index (χ2v) is 4.13. The SMILES string of the molecule is C=CCNC(=S)NC(Cc1ccccc1)C(=O)O. The van der Waals surface area contributed by atoms with E-state index in [2.05, 4.69) is 17.2 Å². The van der Waals surface area contributed by atoms with Crippen LogP contribution in [0.5, 0.6) is 0 Å². The summed E-state index contributed by atoms with van der Waals surface area (Å²) in [7, 11) is 0. The van der Waals surface area contributed by atoms with E-state index >= 15 is 0 Å². The van der Waals surface area contributed by atoms with E-state index in [-0.39, 0.29) is 0 Å². The molecule has 1 rings (SSSR count). The first-order valence-corrected chi connectivity index (χ1v) is 5.96. The molecule has 0 fully saturated rings. The highest BCUT2D eigenvalue weighted by atomic mass is 32.1. The van der Waals surface area contributed by atoms with Crippen LogP contribution in [0.15, 0.2) is 43.0 Å². The molecule has 1 aromatic carbocycles. The zero-order chi connectivity index (χ0) is 13.4. The third-order valence-corrected chi connectivity index (χ3v) is 2.56. The van der Waals surface area contributed by atoms with E-state index in [0.717, 1.165) is 5.56 Å². The van der Waals surface area contributed by atoms with E-state index < -0.39 is 12.0 Å². The van der Waals surface area contributed by atoms with Crippen molar-refractivity contribution < 1.29 is 9.90 Å². The van der Waals surface area contributed by atoms with Gasteiger partial charge in [-0.05, 0) is 17.8 Å². The van der Waals surface area contributed by atoms with Crippen LogP contribution in [0.2, 0.25) is 0 Å². The van der Waals surface area contributed by atoms with Crippen LogP contribution in [-0.2, 0) is 11.2 Å². The molecule has 0 amide bonds. The van der Waals surface area contributed by atoms with Crippen molar-refractivity contribution in [3.05, 3.63) is 48.6 Å². The van der Waals surface area contributed by atoms with Gasteiger partial charge in [0.15, 0.2) is 5.11 Å². The van der Waals surface area contributed by atoms with Gasteiger partial charge in [-0.1, -0.05) is 36.4 Å². The number of hydrogen-bond acceptors (Lipinski definition) is 2.